The molecule has 0 saturated carbocycles. The summed E-state index contributed by atoms with van der Waals surface area (Å²) >= 11 is 6.00. The second kappa shape index (κ2) is 5.85. The van der Waals surface area contributed by atoms with E-state index in [0.717, 1.165) is 11.3 Å². The van der Waals surface area contributed by atoms with Crippen LogP contribution in [-0.4, -0.2) is 25.8 Å². The average Bonchev–Trinajstić information content (AvgIpc) is 3.00. The van der Waals surface area contributed by atoms with E-state index in [0.29, 0.717) is 10.7 Å². The molecule has 0 bridgehead atoms. The van der Waals surface area contributed by atoms with Crippen molar-refractivity contribution in [1.29, 1.82) is 0 Å². The molecule has 0 aliphatic rings. The summed E-state index contributed by atoms with van der Waals surface area (Å²) in [5, 5.41) is 8.79. The highest BCUT2D eigenvalue weighted by Gasteiger charge is 2.13. The predicted octanol–water partition coefficient (Wildman–Crippen LogP) is 2.74. The van der Waals surface area contributed by atoms with E-state index in [-0.39, 0.29) is 12.2 Å². The number of aromatic nitrogens is 4. The van der Waals surface area contributed by atoms with Crippen LogP contribution in [0.3, 0.4) is 0 Å². The Morgan fingerprint density at radius 3 is 2.71 bits per heavy atom. The quantitative estimate of drug-likeness (QED) is 0.695. The summed E-state index contributed by atoms with van der Waals surface area (Å²) in [5.74, 6) is -0.134. The molecule has 0 aliphatic heterocycles. The van der Waals surface area contributed by atoms with Gasteiger partial charge in [0.05, 0.1) is 16.9 Å². The van der Waals surface area contributed by atoms with Crippen LogP contribution in [0.25, 0.3) is 5.69 Å². The third-order valence-corrected chi connectivity index (χ3v) is 3.31. The van der Waals surface area contributed by atoms with Gasteiger partial charge < -0.3 is 0 Å². The van der Waals surface area contributed by atoms with E-state index in [9.17, 15) is 4.79 Å². The van der Waals surface area contributed by atoms with E-state index in [4.69, 9.17) is 11.6 Å². The Hall–Kier alpha value is -2.53. The number of rotatable bonds is 4. The first-order valence-corrected chi connectivity index (χ1v) is 6.71. The molecule has 0 atom stereocenters. The Morgan fingerprint density at radius 2 is 1.95 bits per heavy atom. The van der Waals surface area contributed by atoms with Crippen molar-refractivity contribution < 1.29 is 4.79 Å². The largest absolute Gasteiger partial charge is 0.292 e. The summed E-state index contributed by atoms with van der Waals surface area (Å²) in [7, 11) is 0. The molecule has 104 valence electrons. The minimum Gasteiger partial charge on any atom is -0.292 e. The molecular weight excluding hydrogens is 288 g/mol. The molecule has 2 heterocycles. The van der Waals surface area contributed by atoms with Crippen molar-refractivity contribution in [1.82, 2.24) is 20.0 Å². The second-order valence-electron chi connectivity index (χ2n) is 4.42. The van der Waals surface area contributed by atoms with E-state index < -0.39 is 0 Å². The van der Waals surface area contributed by atoms with Gasteiger partial charge in [0.1, 0.15) is 5.69 Å². The van der Waals surface area contributed by atoms with E-state index in [1.807, 2.05) is 30.3 Å². The molecule has 21 heavy (non-hydrogen) atoms. The molecule has 3 aromatic rings. The fourth-order valence-electron chi connectivity index (χ4n) is 1.89. The summed E-state index contributed by atoms with van der Waals surface area (Å²) in [6.07, 6.45) is 4.76. The molecule has 0 unspecified atom stereocenters. The predicted molar refractivity (Wildman–Crippen MR) is 78.6 cm³/mol. The van der Waals surface area contributed by atoms with Crippen molar-refractivity contribution in [2.24, 2.45) is 0 Å². The lowest BCUT2D eigenvalue weighted by Crippen LogP contribution is -2.06. The Kier molecular flexibility index (Phi) is 3.75. The number of hydrogen-bond donors (Lipinski definition) is 0. The normalized spacial score (nSPS) is 10.5. The molecule has 6 heteroatoms. The number of ketones is 1. The summed E-state index contributed by atoms with van der Waals surface area (Å²) in [6, 6.07) is 11.1. The molecule has 0 saturated heterocycles. The van der Waals surface area contributed by atoms with E-state index in [1.165, 1.54) is 17.2 Å². The number of benzene rings is 1. The van der Waals surface area contributed by atoms with Crippen molar-refractivity contribution in [3.63, 3.8) is 0 Å². The van der Waals surface area contributed by atoms with Gasteiger partial charge in [-0.15, -0.1) is 5.10 Å². The van der Waals surface area contributed by atoms with Crippen LogP contribution < -0.4 is 0 Å². The van der Waals surface area contributed by atoms with E-state index in [2.05, 4.69) is 15.2 Å². The number of carbonyl (C=O) groups is 1. The van der Waals surface area contributed by atoms with Crippen molar-refractivity contribution in [3.05, 3.63) is 71.3 Å². The van der Waals surface area contributed by atoms with Gasteiger partial charge in [0, 0.05) is 18.8 Å². The fourth-order valence-corrected chi connectivity index (χ4v) is 2.07. The zero-order chi connectivity index (χ0) is 14.7. The molecule has 1 aromatic carbocycles. The second-order valence-corrected chi connectivity index (χ2v) is 4.83. The van der Waals surface area contributed by atoms with Crippen molar-refractivity contribution in [2.75, 3.05) is 0 Å². The first-order chi connectivity index (χ1) is 10.2. The standard InChI is InChI=1S/C15H11ClN4O/c16-13-9-17-7-6-11(13)8-15(21)14-10-18-20(19-14)12-4-2-1-3-5-12/h1-7,9-10H,8H2. The summed E-state index contributed by atoms with van der Waals surface area (Å²) in [6.45, 7) is 0. The van der Waals surface area contributed by atoms with Crippen molar-refractivity contribution >= 4 is 17.4 Å². The van der Waals surface area contributed by atoms with Gasteiger partial charge in [-0.2, -0.15) is 9.90 Å². The minimum atomic E-state index is -0.134. The number of halogens is 1. The molecule has 3 rings (SSSR count). The third kappa shape index (κ3) is 2.98. The van der Waals surface area contributed by atoms with Crippen LogP contribution in [0, 0.1) is 0 Å². The molecule has 0 aliphatic carbocycles. The SMILES string of the molecule is O=C(Cc1ccncc1Cl)c1cnn(-c2ccccc2)n1. The Balaban J connectivity index is 1.80. The maximum atomic E-state index is 12.2. The monoisotopic (exact) mass is 298 g/mol. The number of pyridine rings is 1. The van der Waals surface area contributed by atoms with Crippen LogP contribution in [0.1, 0.15) is 16.1 Å². The highest BCUT2D eigenvalue weighted by Crippen LogP contribution is 2.15. The van der Waals surface area contributed by atoms with Gasteiger partial charge in [0.15, 0.2) is 5.78 Å². The third-order valence-electron chi connectivity index (χ3n) is 2.97. The highest BCUT2D eigenvalue weighted by atomic mass is 35.5. The number of para-hydroxylation sites is 1. The van der Waals surface area contributed by atoms with Gasteiger partial charge in [-0.05, 0) is 23.8 Å². The van der Waals surface area contributed by atoms with Gasteiger partial charge in [-0.3, -0.25) is 9.78 Å². The summed E-state index contributed by atoms with van der Waals surface area (Å²) in [4.78, 5) is 17.5. The van der Waals surface area contributed by atoms with Gasteiger partial charge in [-0.1, -0.05) is 29.8 Å². The highest BCUT2D eigenvalue weighted by molar-refractivity contribution is 6.31. The molecular formula is C15H11ClN4O. The lowest BCUT2D eigenvalue weighted by atomic mass is 10.1. The molecule has 0 radical (unpaired) electrons. The van der Waals surface area contributed by atoms with E-state index >= 15 is 0 Å². The smallest absolute Gasteiger partial charge is 0.189 e. The molecule has 0 amide bonds. The average molecular weight is 299 g/mol. The number of Topliss-reactive ketones (excluding diaryl/α,β-unsaturated/α-hetero) is 1. The first-order valence-electron chi connectivity index (χ1n) is 6.33. The lowest BCUT2D eigenvalue weighted by Gasteiger charge is -2.00. The Bertz CT molecular complexity index is 770. The molecule has 0 fully saturated rings. The van der Waals surface area contributed by atoms with Crippen LogP contribution in [-0.2, 0) is 6.42 Å². The summed E-state index contributed by atoms with van der Waals surface area (Å²) < 4.78 is 0. The van der Waals surface area contributed by atoms with Gasteiger partial charge in [0.25, 0.3) is 0 Å². The van der Waals surface area contributed by atoms with Crippen molar-refractivity contribution in [2.45, 2.75) is 6.42 Å². The van der Waals surface area contributed by atoms with Crippen LogP contribution >= 0.6 is 11.6 Å². The van der Waals surface area contributed by atoms with Crippen LogP contribution in [0.5, 0.6) is 0 Å². The maximum absolute atomic E-state index is 12.2. The van der Waals surface area contributed by atoms with Crippen LogP contribution in [0.2, 0.25) is 5.02 Å². The number of nitrogens with zero attached hydrogens (tertiary/aromatic N) is 4. The van der Waals surface area contributed by atoms with Gasteiger partial charge in [-0.25, -0.2) is 0 Å². The maximum Gasteiger partial charge on any atom is 0.189 e. The van der Waals surface area contributed by atoms with E-state index in [1.54, 1.807) is 12.3 Å². The van der Waals surface area contributed by atoms with Crippen LogP contribution in [0.15, 0.2) is 55.0 Å². The molecule has 2 aromatic heterocycles. The van der Waals surface area contributed by atoms with Crippen molar-refractivity contribution in [3.8, 4) is 5.69 Å². The van der Waals surface area contributed by atoms with Crippen LogP contribution in [0.4, 0.5) is 0 Å². The lowest BCUT2D eigenvalue weighted by molar-refractivity contribution is 0.0988. The molecule has 0 N–H and O–H groups in total. The zero-order valence-corrected chi connectivity index (χ0v) is 11.7. The molecule has 5 nitrogen and oxygen atoms in total. The minimum absolute atomic E-state index is 0.134. The Morgan fingerprint density at radius 1 is 1.14 bits per heavy atom. The topological polar surface area (TPSA) is 60.7 Å². The first kappa shape index (κ1) is 13.5. The number of hydrogen-bond acceptors (Lipinski definition) is 4. The fraction of sp³-hybridized carbons (Fsp3) is 0.0667. The van der Waals surface area contributed by atoms with Gasteiger partial charge in [0.2, 0.25) is 0 Å². The Labute approximate surface area is 126 Å². The molecule has 0 spiro atoms. The van der Waals surface area contributed by atoms with Gasteiger partial charge >= 0.3 is 0 Å². The number of carbonyl (C=O) groups excluding carboxylic acids is 1. The summed E-state index contributed by atoms with van der Waals surface area (Å²) in [5.41, 5.74) is 1.84. The zero-order valence-electron chi connectivity index (χ0n) is 11.0.